The van der Waals surface area contributed by atoms with E-state index < -0.39 is 5.97 Å². The standard InChI is InChI=1S/C13H15NO3/c1-8-6-11(8)12(15)14-10-5-3-4-9(7-10)13(16)17-2/h3-5,7-8,11H,6H2,1-2H3,(H,14,15)/t8-,11+/m0/s1. The zero-order chi connectivity index (χ0) is 12.4. The molecule has 0 spiro atoms. The molecule has 17 heavy (non-hydrogen) atoms. The summed E-state index contributed by atoms with van der Waals surface area (Å²) < 4.78 is 4.62. The first kappa shape index (κ1) is 11.6. The number of ether oxygens (including phenoxy) is 1. The van der Waals surface area contributed by atoms with Gasteiger partial charge in [-0.1, -0.05) is 13.0 Å². The third-order valence-electron chi connectivity index (χ3n) is 3.00. The summed E-state index contributed by atoms with van der Waals surface area (Å²) in [6.07, 6.45) is 0.947. The SMILES string of the molecule is COC(=O)c1cccc(NC(=O)[C@@H]2C[C@@H]2C)c1. The van der Waals surface area contributed by atoms with Crippen molar-refractivity contribution in [2.75, 3.05) is 12.4 Å². The van der Waals surface area contributed by atoms with E-state index in [1.165, 1.54) is 7.11 Å². The van der Waals surface area contributed by atoms with E-state index in [1.54, 1.807) is 24.3 Å². The number of carbonyl (C=O) groups is 2. The molecule has 2 rings (SSSR count). The Balaban J connectivity index is 2.06. The van der Waals surface area contributed by atoms with E-state index in [-0.39, 0.29) is 11.8 Å². The van der Waals surface area contributed by atoms with Gasteiger partial charge >= 0.3 is 5.97 Å². The second-order valence-electron chi connectivity index (χ2n) is 4.38. The first-order valence-electron chi connectivity index (χ1n) is 5.61. The number of esters is 1. The predicted octanol–water partition coefficient (Wildman–Crippen LogP) is 2.07. The number of carbonyl (C=O) groups excluding carboxylic acids is 2. The van der Waals surface area contributed by atoms with Crippen LogP contribution < -0.4 is 5.32 Å². The first-order valence-corrected chi connectivity index (χ1v) is 5.61. The lowest BCUT2D eigenvalue weighted by Gasteiger charge is -2.06. The second kappa shape index (κ2) is 4.57. The van der Waals surface area contributed by atoms with Gasteiger partial charge in [-0.25, -0.2) is 4.79 Å². The van der Waals surface area contributed by atoms with Crippen LogP contribution in [0, 0.1) is 11.8 Å². The molecule has 0 radical (unpaired) electrons. The number of anilines is 1. The van der Waals surface area contributed by atoms with Crippen molar-refractivity contribution in [2.45, 2.75) is 13.3 Å². The molecule has 1 amide bonds. The van der Waals surface area contributed by atoms with Crippen molar-refractivity contribution >= 4 is 17.6 Å². The van der Waals surface area contributed by atoms with Gasteiger partial charge in [-0.3, -0.25) is 4.79 Å². The molecular formula is C13H15NO3. The molecule has 1 aromatic rings. The Labute approximate surface area is 100.0 Å². The molecule has 0 aromatic heterocycles. The minimum Gasteiger partial charge on any atom is -0.465 e. The zero-order valence-corrected chi connectivity index (χ0v) is 9.90. The summed E-state index contributed by atoms with van der Waals surface area (Å²) in [6, 6.07) is 6.76. The van der Waals surface area contributed by atoms with Crippen LogP contribution in [0.3, 0.4) is 0 Å². The maximum absolute atomic E-state index is 11.7. The Morgan fingerprint density at radius 2 is 2.12 bits per heavy atom. The monoisotopic (exact) mass is 233 g/mol. The highest BCUT2D eigenvalue weighted by atomic mass is 16.5. The molecule has 1 N–H and O–H groups in total. The molecule has 2 atom stereocenters. The third-order valence-corrected chi connectivity index (χ3v) is 3.00. The van der Waals surface area contributed by atoms with Crippen LogP contribution >= 0.6 is 0 Å². The van der Waals surface area contributed by atoms with Gasteiger partial charge in [-0.05, 0) is 30.5 Å². The van der Waals surface area contributed by atoms with Crippen molar-refractivity contribution in [1.82, 2.24) is 0 Å². The van der Waals surface area contributed by atoms with Gasteiger partial charge in [0.05, 0.1) is 12.7 Å². The molecule has 4 nitrogen and oxygen atoms in total. The second-order valence-corrected chi connectivity index (χ2v) is 4.38. The van der Waals surface area contributed by atoms with Gasteiger partial charge in [0, 0.05) is 11.6 Å². The van der Waals surface area contributed by atoms with Crippen molar-refractivity contribution in [1.29, 1.82) is 0 Å². The molecule has 1 fully saturated rings. The molecule has 1 aliphatic carbocycles. The van der Waals surface area contributed by atoms with Crippen LogP contribution in [-0.2, 0) is 9.53 Å². The van der Waals surface area contributed by atoms with Gasteiger partial charge in [-0.15, -0.1) is 0 Å². The quantitative estimate of drug-likeness (QED) is 0.813. The smallest absolute Gasteiger partial charge is 0.337 e. The number of rotatable bonds is 3. The first-order chi connectivity index (χ1) is 8.11. The van der Waals surface area contributed by atoms with Crippen LogP contribution in [-0.4, -0.2) is 19.0 Å². The molecule has 1 saturated carbocycles. The molecule has 0 heterocycles. The van der Waals surface area contributed by atoms with E-state index in [0.29, 0.717) is 17.2 Å². The van der Waals surface area contributed by atoms with Crippen LogP contribution in [0.25, 0.3) is 0 Å². The minimum absolute atomic E-state index is 0.0273. The number of methoxy groups -OCH3 is 1. The number of amides is 1. The van der Waals surface area contributed by atoms with Crippen molar-refractivity contribution in [3.8, 4) is 0 Å². The Hall–Kier alpha value is -1.84. The maximum Gasteiger partial charge on any atom is 0.337 e. The summed E-state index contributed by atoms with van der Waals surface area (Å²) in [4.78, 5) is 23.0. The topological polar surface area (TPSA) is 55.4 Å². The van der Waals surface area contributed by atoms with Crippen molar-refractivity contribution in [3.05, 3.63) is 29.8 Å². The lowest BCUT2D eigenvalue weighted by atomic mass is 10.2. The fourth-order valence-corrected chi connectivity index (χ4v) is 1.76. The predicted molar refractivity (Wildman–Crippen MR) is 63.7 cm³/mol. The van der Waals surface area contributed by atoms with E-state index in [2.05, 4.69) is 17.0 Å². The fraction of sp³-hybridized carbons (Fsp3) is 0.385. The lowest BCUT2D eigenvalue weighted by molar-refractivity contribution is -0.117. The molecule has 0 saturated heterocycles. The van der Waals surface area contributed by atoms with Gasteiger partial charge in [0.15, 0.2) is 0 Å². The molecule has 0 bridgehead atoms. The molecule has 0 unspecified atom stereocenters. The molecule has 90 valence electrons. The van der Waals surface area contributed by atoms with Gasteiger partial charge in [0.2, 0.25) is 5.91 Å². The average molecular weight is 233 g/mol. The fourth-order valence-electron chi connectivity index (χ4n) is 1.76. The highest BCUT2D eigenvalue weighted by Gasteiger charge is 2.39. The summed E-state index contributed by atoms with van der Waals surface area (Å²) in [5, 5.41) is 2.81. The highest BCUT2D eigenvalue weighted by Crippen LogP contribution is 2.38. The zero-order valence-electron chi connectivity index (χ0n) is 9.90. The highest BCUT2D eigenvalue weighted by molar-refractivity contribution is 5.96. The van der Waals surface area contributed by atoms with Gasteiger partial charge in [-0.2, -0.15) is 0 Å². The summed E-state index contributed by atoms with van der Waals surface area (Å²) in [7, 11) is 1.33. The van der Waals surface area contributed by atoms with E-state index in [1.807, 2.05) is 0 Å². The van der Waals surface area contributed by atoms with Crippen molar-refractivity contribution in [2.24, 2.45) is 11.8 Å². The Bertz CT molecular complexity index is 456. The van der Waals surface area contributed by atoms with Crippen LogP contribution in [0.4, 0.5) is 5.69 Å². The Kier molecular flexibility index (Phi) is 3.13. The summed E-state index contributed by atoms with van der Waals surface area (Å²) >= 11 is 0. The Morgan fingerprint density at radius 1 is 1.41 bits per heavy atom. The molecule has 1 aliphatic rings. The maximum atomic E-state index is 11.7. The minimum atomic E-state index is -0.402. The van der Waals surface area contributed by atoms with Crippen LogP contribution in [0.1, 0.15) is 23.7 Å². The average Bonchev–Trinajstić information content (AvgIpc) is 3.06. The third kappa shape index (κ3) is 2.64. The normalized spacial score (nSPS) is 21.8. The lowest BCUT2D eigenvalue weighted by Crippen LogP contribution is -2.14. The van der Waals surface area contributed by atoms with E-state index in [4.69, 9.17) is 0 Å². The van der Waals surface area contributed by atoms with Gasteiger partial charge in [0.25, 0.3) is 0 Å². The molecule has 4 heteroatoms. The van der Waals surface area contributed by atoms with Crippen LogP contribution in [0.2, 0.25) is 0 Å². The van der Waals surface area contributed by atoms with Crippen LogP contribution in [0.5, 0.6) is 0 Å². The summed E-state index contributed by atoms with van der Waals surface area (Å²) in [6.45, 7) is 2.05. The number of benzene rings is 1. The molecular weight excluding hydrogens is 218 g/mol. The van der Waals surface area contributed by atoms with Crippen molar-refractivity contribution in [3.63, 3.8) is 0 Å². The van der Waals surface area contributed by atoms with E-state index >= 15 is 0 Å². The number of nitrogens with one attached hydrogen (secondary N) is 1. The summed E-state index contributed by atoms with van der Waals surface area (Å²) in [5.74, 6) is 0.218. The number of hydrogen-bond donors (Lipinski definition) is 1. The van der Waals surface area contributed by atoms with Crippen molar-refractivity contribution < 1.29 is 14.3 Å². The molecule has 1 aromatic carbocycles. The largest absolute Gasteiger partial charge is 0.465 e. The van der Waals surface area contributed by atoms with Gasteiger partial charge in [0.1, 0.15) is 0 Å². The van der Waals surface area contributed by atoms with Crippen LogP contribution in [0.15, 0.2) is 24.3 Å². The number of hydrogen-bond acceptors (Lipinski definition) is 3. The summed E-state index contributed by atoms with van der Waals surface area (Å²) in [5.41, 5.74) is 1.08. The Morgan fingerprint density at radius 3 is 2.71 bits per heavy atom. The van der Waals surface area contributed by atoms with E-state index in [9.17, 15) is 9.59 Å². The molecule has 0 aliphatic heterocycles. The van der Waals surface area contributed by atoms with E-state index in [0.717, 1.165) is 6.42 Å². The van der Waals surface area contributed by atoms with Gasteiger partial charge < -0.3 is 10.1 Å².